The van der Waals surface area contributed by atoms with Gasteiger partial charge in [0.05, 0.1) is 24.1 Å². The van der Waals surface area contributed by atoms with Crippen molar-refractivity contribution in [2.45, 2.75) is 25.7 Å². The van der Waals surface area contributed by atoms with E-state index in [4.69, 9.17) is 16.3 Å². The molecule has 0 saturated carbocycles. The van der Waals surface area contributed by atoms with Crippen LogP contribution in [-0.4, -0.2) is 40.8 Å². The molecule has 0 fully saturated rings. The second-order valence-corrected chi connectivity index (χ2v) is 9.19. The van der Waals surface area contributed by atoms with Crippen molar-refractivity contribution < 1.29 is 17.9 Å². The van der Waals surface area contributed by atoms with Crippen molar-refractivity contribution in [1.29, 1.82) is 0 Å². The third-order valence-electron chi connectivity index (χ3n) is 4.56. The van der Waals surface area contributed by atoms with Gasteiger partial charge in [-0.3, -0.25) is 9.10 Å². The summed E-state index contributed by atoms with van der Waals surface area (Å²) in [6.45, 7) is 2.77. The molecular weight excluding hydrogens is 412 g/mol. The number of methoxy groups -OCH3 is 1. The quantitative estimate of drug-likeness (QED) is 0.611. The van der Waals surface area contributed by atoms with Crippen molar-refractivity contribution in [2.24, 2.45) is 0 Å². The highest BCUT2D eigenvalue weighted by atomic mass is 35.5. The highest BCUT2D eigenvalue weighted by Crippen LogP contribution is 2.30. The van der Waals surface area contributed by atoms with E-state index in [1.807, 2.05) is 30.3 Å². The normalized spacial score (nSPS) is 12.3. The van der Waals surface area contributed by atoms with Crippen LogP contribution in [-0.2, 0) is 14.8 Å². The minimum absolute atomic E-state index is 0.103. The molecule has 0 aliphatic heterocycles. The number of hydrogen-bond donors (Lipinski definition) is 1. The summed E-state index contributed by atoms with van der Waals surface area (Å²) in [5.41, 5.74) is 1.60. The van der Waals surface area contributed by atoms with Gasteiger partial charge in [0.1, 0.15) is 5.75 Å². The number of carbonyl (C=O) groups is 1. The van der Waals surface area contributed by atoms with Crippen molar-refractivity contribution >= 4 is 33.2 Å². The van der Waals surface area contributed by atoms with Crippen LogP contribution in [0.1, 0.15) is 31.2 Å². The van der Waals surface area contributed by atoms with Gasteiger partial charge in [-0.05, 0) is 36.1 Å². The van der Waals surface area contributed by atoms with Gasteiger partial charge in [0, 0.05) is 19.5 Å². The number of benzene rings is 2. The fourth-order valence-electron chi connectivity index (χ4n) is 2.93. The number of sulfonamides is 1. The molecule has 0 heterocycles. The minimum atomic E-state index is -3.51. The highest BCUT2D eigenvalue weighted by molar-refractivity contribution is 7.92. The fraction of sp³-hybridized carbons (Fsp3) is 0.381. The smallest absolute Gasteiger partial charge is 0.232 e. The van der Waals surface area contributed by atoms with E-state index in [0.29, 0.717) is 29.4 Å². The summed E-state index contributed by atoms with van der Waals surface area (Å²) in [7, 11) is -2.02. The summed E-state index contributed by atoms with van der Waals surface area (Å²) >= 11 is 6.12. The summed E-state index contributed by atoms with van der Waals surface area (Å²) in [6.07, 6.45) is 1.76. The Labute approximate surface area is 177 Å². The Kier molecular flexibility index (Phi) is 8.34. The van der Waals surface area contributed by atoms with Crippen LogP contribution in [0.3, 0.4) is 0 Å². The Morgan fingerprint density at radius 1 is 1.21 bits per heavy atom. The second kappa shape index (κ2) is 10.5. The molecule has 0 saturated heterocycles. The first-order valence-electron chi connectivity index (χ1n) is 9.35. The lowest BCUT2D eigenvalue weighted by molar-refractivity contribution is -0.121. The standard InChI is InChI=1S/C21H27ClN2O4S/c1-16(17-8-5-4-6-9-17)15-23-21(25)10-7-13-24(29(3,26)27)18-11-12-20(28-2)19(22)14-18/h4-6,8-9,11-12,14,16H,7,10,13,15H2,1-3H3,(H,23,25)/t16-/m0/s1. The van der Waals surface area contributed by atoms with E-state index in [0.717, 1.165) is 11.8 Å². The number of carbonyl (C=O) groups excluding carboxylic acids is 1. The van der Waals surface area contributed by atoms with Gasteiger partial charge >= 0.3 is 0 Å². The molecule has 2 rings (SSSR count). The van der Waals surface area contributed by atoms with Crippen LogP contribution >= 0.6 is 11.6 Å². The van der Waals surface area contributed by atoms with Crippen molar-refractivity contribution in [3.8, 4) is 5.75 Å². The Morgan fingerprint density at radius 2 is 1.90 bits per heavy atom. The molecule has 6 nitrogen and oxygen atoms in total. The van der Waals surface area contributed by atoms with Crippen molar-refractivity contribution in [3.05, 3.63) is 59.1 Å². The van der Waals surface area contributed by atoms with Crippen molar-refractivity contribution in [1.82, 2.24) is 5.32 Å². The van der Waals surface area contributed by atoms with E-state index in [2.05, 4.69) is 12.2 Å². The zero-order chi connectivity index (χ0) is 21.4. The molecule has 2 aromatic rings. The lowest BCUT2D eigenvalue weighted by Gasteiger charge is -2.23. The summed E-state index contributed by atoms with van der Waals surface area (Å²) in [4.78, 5) is 12.2. The first kappa shape index (κ1) is 23.0. The molecule has 0 aliphatic rings. The molecule has 1 N–H and O–H groups in total. The number of amides is 1. The number of halogens is 1. The molecule has 2 aromatic carbocycles. The molecular formula is C21H27ClN2O4S. The second-order valence-electron chi connectivity index (χ2n) is 6.87. The largest absolute Gasteiger partial charge is 0.495 e. The van der Waals surface area contributed by atoms with Gasteiger partial charge in [-0.25, -0.2) is 8.42 Å². The van der Waals surface area contributed by atoms with Crippen molar-refractivity contribution in [2.75, 3.05) is 30.8 Å². The van der Waals surface area contributed by atoms with Crippen LogP contribution in [0.25, 0.3) is 0 Å². The number of anilines is 1. The third kappa shape index (κ3) is 6.94. The molecule has 0 unspecified atom stereocenters. The first-order chi connectivity index (χ1) is 13.7. The number of ether oxygens (including phenoxy) is 1. The first-order valence-corrected chi connectivity index (χ1v) is 11.6. The Balaban J connectivity index is 1.90. The van der Waals surface area contributed by atoms with Gasteiger partial charge in [-0.15, -0.1) is 0 Å². The van der Waals surface area contributed by atoms with E-state index in [1.54, 1.807) is 18.2 Å². The summed E-state index contributed by atoms with van der Waals surface area (Å²) in [5.74, 6) is 0.568. The molecule has 1 amide bonds. The fourth-order valence-corrected chi connectivity index (χ4v) is 4.14. The van der Waals surface area contributed by atoms with Crippen LogP contribution in [0.2, 0.25) is 5.02 Å². The molecule has 158 valence electrons. The predicted molar refractivity (Wildman–Crippen MR) is 117 cm³/mol. The van der Waals surface area contributed by atoms with Gasteiger partial charge < -0.3 is 10.1 Å². The highest BCUT2D eigenvalue weighted by Gasteiger charge is 2.19. The van der Waals surface area contributed by atoms with Crippen molar-refractivity contribution in [3.63, 3.8) is 0 Å². The molecule has 0 radical (unpaired) electrons. The maximum absolute atomic E-state index is 12.2. The maximum Gasteiger partial charge on any atom is 0.232 e. The average molecular weight is 439 g/mol. The molecule has 29 heavy (non-hydrogen) atoms. The summed E-state index contributed by atoms with van der Waals surface area (Å²) in [5, 5.41) is 3.24. The average Bonchev–Trinajstić information content (AvgIpc) is 2.69. The Bertz CT molecular complexity index is 920. The molecule has 0 bridgehead atoms. The molecule has 0 spiro atoms. The lowest BCUT2D eigenvalue weighted by Crippen LogP contribution is -2.32. The monoisotopic (exact) mass is 438 g/mol. The molecule has 8 heteroatoms. The Hall–Kier alpha value is -2.25. The van der Waals surface area contributed by atoms with Crippen LogP contribution in [0.5, 0.6) is 5.75 Å². The zero-order valence-corrected chi connectivity index (χ0v) is 18.5. The number of nitrogens with one attached hydrogen (secondary N) is 1. The predicted octanol–water partition coefficient (Wildman–Crippen LogP) is 3.81. The number of nitrogens with zero attached hydrogens (tertiary/aromatic N) is 1. The van der Waals surface area contributed by atoms with Gasteiger partial charge in [-0.1, -0.05) is 48.9 Å². The van der Waals surface area contributed by atoms with E-state index in [9.17, 15) is 13.2 Å². The molecule has 0 aliphatic carbocycles. The van der Waals surface area contributed by atoms with E-state index in [1.165, 1.54) is 11.4 Å². The molecule has 0 aromatic heterocycles. The van der Waals surface area contributed by atoms with Gasteiger partial charge in [0.25, 0.3) is 0 Å². The SMILES string of the molecule is COc1ccc(N(CCCC(=O)NC[C@H](C)c2ccccc2)S(C)(=O)=O)cc1Cl. The number of rotatable bonds is 10. The summed E-state index contributed by atoms with van der Waals surface area (Å²) in [6, 6.07) is 14.8. The van der Waals surface area contributed by atoms with Crippen LogP contribution in [0.4, 0.5) is 5.69 Å². The topological polar surface area (TPSA) is 75.7 Å². The van der Waals surface area contributed by atoms with E-state index >= 15 is 0 Å². The summed E-state index contributed by atoms with van der Waals surface area (Å²) < 4.78 is 30.7. The number of hydrogen-bond acceptors (Lipinski definition) is 4. The minimum Gasteiger partial charge on any atom is -0.495 e. The van der Waals surface area contributed by atoms with Crippen LogP contribution < -0.4 is 14.4 Å². The maximum atomic E-state index is 12.2. The van der Waals surface area contributed by atoms with Crippen LogP contribution in [0.15, 0.2) is 48.5 Å². The van der Waals surface area contributed by atoms with Gasteiger partial charge in [0.15, 0.2) is 0 Å². The van der Waals surface area contributed by atoms with Gasteiger partial charge in [-0.2, -0.15) is 0 Å². The van der Waals surface area contributed by atoms with Crippen LogP contribution in [0, 0.1) is 0 Å². The van der Waals surface area contributed by atoms with E-state index < -0.39 is 10.0 Å². The van der Waals surface area contributed by atoms with Gasteiger partial charge in [0.2, 0.25) is 15.9 Å². The zero-order valence-electron chi connectivity index (χ0n) is 16.9. The lowest BCUT2D eigenvalue weighted by atomic mass is 10.0. The van der Waals surface area contributed by atoms with E-state index in [-0.39, 0.29) is 24.8 Å². The third-order valence-corrected chi connectivity index (χ3v) is 6.05. The molecule has 1 atom stereocenters. The Morgan fingerprint density at radius 3 is 2.48 bits per heavy atom.